The number of hydrogen-bond donors (Lipinski definition) is 0. The maximum Gasteiger partial charge on any atom is 0.346 e. The number of rotatable bonds is 6. The smallest absolute Gasteiger partial charge is 0.346 e. The first-order valence-electron chi connectivity index (χ1n) is 5.61. The van der Waals surface area contributed by atoms with Crippen molar-refractivity contribution in [3.8, 4) is 23.0 Å². The molecule has 1 atom stereocenters. The zero-order chi connectivity index (χ0) is 14.4. The third kappa shape index (κ3) is 3.43. The van der Waals surface area contributed by atoms with E-state index in [1.54, 1.807) is 19.1 Å². The van der Waals surface area contributed by atoms with Crippen molar-refractivity contribution in [2.24, 2.45) is 0 Å². The van der Waals surface area contributed by atoms with Gasteiger partial charge in [0, 0.05) is 12.1 Å². The predicted molar refractivity (Wildman–Crippen MR) is 68.2 cm³/mol. The molecule has 0 bridgehead atoms. The van der Waals surface area contributed by atoms with Crippen molar-refractivity contribution < 1.29 is 28.5 Å². The lowest BCUT2D eigenvalue weighted by molar-refractivity contribution is -0.147. The molecule has 1 rings (SSSR count). The van der Waals surface area contributed by atoms with Crippen molar-refractivity contribution in [2.75, 3.05) is 28.4 Å². The molecule has 6 heteroatoms. The highest BCUT2D eigenvalue weighted by molar-refractivity contribution is 5.74. The highest BCUT2D eigenvalue weighted by atomic mass is 16.6. The number of carbonyl (C=O) groups is 1. The van der Waals surface area contributed by atoms with E-state index in [1.807, 2.05) is 0 Å². The van der Waals surface area contributed by atoms with E-state index in [9.17, 15) is 4.79 Å². The normalized spacial score (nSPS) is 11.4. The summed E-state index contributed by atoms with van der Waals surface area (Å²) in [5, 5.41) is 0. The second-order valence-electron chi connectivity index (χ2n) is 3.64. The molecule has 0 N–H and O–H groups in total. The van der Waals surface area contributed by atoms with E-state index in [-0.39, 0.29) is 0 Å². The van der Waals surface area contributed by atoms with Gasteiger partial charge in [-0.05, 0) is 6.92 Å². The summed E-state index contributed by atoms with van der Waals surface area (Å²) in [4.78, 5) is 11.3. The standard InChI is InChI=1S/C13H18O6/c1-8(13(14)18-5)19-9-6-10(15-2)12(17-4)11(7-9)16-3/h6-8H,1-5H3/t8-/m0/s1. The van der Waals surface area contributed by atoms with Gasteiger partial charge in [0.05, 0.1) is 28.4 Å². The van der Waals surface area contributed by atoms with E-state index >= 15 is 0 Å². The van der Waals surface area contributed by atoms with Crippen LogP contribution in [0.2, 0.25) is 0 Å². The van der Waals surface area contributed by atoms with Crippen LogP contribution in [0.4, 0.5) is 0 Å². The molecule has 0 aliphatic carbocycles. The molecule has 19 heavy (non-hydrogen) atoms. The molecule has 0 aromatic heterocycles. The quantitative estimate of drug-likeness (QED) is 0.732. The van der Waals surface area contributed by atoms with Gasteiger partial charge in [0.25, 0.3) is 0 Å². The van der Waals surface area contributed by atoms with E-state index in [0.29, 0.717) is 23.0 Å². The number of esters is 1. The van der Waals surface area contributed by atoms with Crippen LogP contribution in [-0.4, -0.2) is 40.5 Å². The van der Waals surface area contributed by atoms with E-state index in [0.717, 1.165) is 0 Å². The fourth-order valence-corrected chi connectivity index (χ4v) is 1.54. The van der Waals surface area contributed by atoms with Gasteiger partial charge in [0.15, 0.2) is 17.6 Å². The minimum Gasteiger partial charge on any atom is -0.493 e. The van der Waals surface area contributed by atoms with Crippen LogP contribution in [0.3, 0.4) is 0 Å². The summed E-state index contributed by atoms with van der Waals surface area (Å²) in [6, 6.07) is 3.22. The SMILES string of the molecule is COC(=O)[C@H](C)Oc1cc(OC)c(OC)c(OC)c1. The Kier molecular flexibility index (Phi) is 5.29. The van der Waals surface area contributed by atoms with Gasteiger partial charge in [-0.1, -0.05) is 0 Å². The summed E-state index contributed by atoms with van der Waals surface area (Å²) in [5.74, 6) is 1.33. The molecule has 0 aliphatic rings. The molecular weight excluding hydrogens is 252 g/mol. The Balaban J connectivity index is 3.06. The van der Waals surface area contributed by atoms with Crippen LogP contribution >= 0.6 is 0 Å². The molecule has 1 aromatic carbocycles. The van der Waals surface area contributed by atoms with Crippen LogP contribution in [0.5, 0.6) is 23.0 Å². The van der Waals surface area contributed by atoms with Gasteiger partial charge in [-0.2, -0.15) is 0 Å². The Bertz CT molecular complexity index is 418. The topological polar surface area (TPSA) is 63.2 Å². The number of benzene rings is 1. The number of ether oxygens (including phenoxy) is 5. The molecule has 0 saturated heterocycles. The lowest BCUT2D eigenvalue weighted by Gasteiger charge is -2.16. The number of hydrogen-bond acceptors (Lipinski definition) is 6. The Morgan fingerprint density at radius 1 is 1.00 bits per heavy atom. The van der Waals surface area contributed by atoms with Crippen LogP contribution in [-0.2, 0) is 9.53 Å². The average Bonchev–Trinajstić information content (AvgIpc) is 2.44. The minimum atomic E-state index is -0.729. The molecule has 0 aliphatic heterocycles. The molecule has 106 valence electrons. The fraction of sp³-hybridized carbons (Fsp3) is 0.462. The lowest BCUT2D eigenvalue weighted by Crippen LogP contribution is -2.24. The first-order chi connectivity index (χ1) is 9.07. The molecule has 0 saturated carbocycles. The van der Waals surface area contributed by atoms with E-state index in [4.69, 9.17) is 18.9 Å². The summed E-state index contributed by atoms with van der Waals surface area (Å²) in [6.07, 6.45) is -0.729. The molecule has 6 nitrogen and oxygen atoms in total. The monoisotopic (exact) mass is 270 g/mol. The van der Waals surface area contributed by atoms with Crippen molar-refractivity contribution in [2.45, 2.75) is 13.0 Å². The minimum absolute atomic E-state index is 0.424. The summed E-state index contributed by atoms with van der Waals surface area (Å²) >= 11 is 0. The van der Waals surface area contributed by atoms with Gasteiger partial charge in [0.1, 0.15) is 5.75 Å². The largest absolute Gasteiger partial charge is 0.493 e. The van der Waals surface area contributed by atoms with Gasteiger partial charge >= 0.3 is 5.97 Å². The van der Waals surface area contributed by atoms with Crippen LogP contribution in [0, 0.1) is 0 Å². The molecule has 1 aromatic rings. The summed E-state index contributed by atoms with van der Waals surface area (Å²) in [5.41, 5.74) is 0. The Morgan fingerprint density at radius 3 is 1.89 bits per heavy atom. The third-order valence-electron chi connectivity index (χ3n) is 2.48. The maximum atomic E-state index is 11.3. The number of methoxy groups -OCH3 is 4. The Labute approximate surface area is 112 Å². The molecule has 0 fully saturated rings. The van der Waals surface area contributed by atoms with E-state index in [2.05, 4.69) is 4.74 Å². The summed E-state index contributed by atoms with van der Waals surface area (Å²) < 4.78 is 25.6. The van der Waals surface area contributed by atoms with Crippen molar-refractivity contribution in [1.29, 1.82) is 0 Å². The third-order valence-corrected chi connectivity index (χ3v) is 2.48. The first-order valence-corrected chi connectivity index (χ1v) is 5.61. The first kappa shape index (κ1) is 14.9. The van der Waals surface area contributed by atoms with Gasteiger partial charge < -0.3 is 23.7 Å². The molecule has 0 spiro atoms. The predicted octanol–water partition coefficient (Wildman–Crippen LogP) is 1.65. The van der Waals surface area contributed by atoms with Crippen molar-refractivity contribution in [3.05, 3.63) is 12.1 Å². The fourth-order valence-electron chi connectivity index (χ4n) is 1.54. The summed E-state index contributed by atoms with van der Waals surface area (Å²) in [6.45, 7) is 1.59. The van der Waals surface area contributed by atoms with E-state index in [1.165, 1.54) is 28.4 Å². The zero-order valence-electron chi connectivity index (χ0n) is 11.7. The highest BCUT2D eigenvalue weighted by Crippen LogP contribution is 2.40. The second-order valence-corrected chi connectivity index (χ2v) is 3.64. The Hall–Kier alpha value is -2.11. The molecule has 0 unspecified atom stereocenters. The Morgan fingerprint density at radius 2 is 1.53 bits per heavy atom. The van der Waals surface area contributed by atoms with Gasteiger partial charge in [-0.15, -0.1) is 0 Å². The van der Waals surface area contributed by atoms with Crippen molar-refractivity contribution in [1.82, 2.24) is 0 Å². The van der Waals surface area contributed by atoms with Crippen molar-refractivity contribution >= 4 is 5.97 Å². The average molecular weight is 270 g/mol. The van der Waals surface area contributed by atoms with Crippen LogP contribution < -0.4 is 18.9 Å². The second kappa shape index (κ2) is 6.72. The molecule has 0 radical (unpaired) electrons. The summed E-state index contributed by atoms with van der Waals surface area (Å²) in [7, 11) is 5.82. The molecule has 0 amide bonds. The van der Waals surface area contributed by atoms with E-state index < -0.39 is 12.1 Å². The van der Waals surface area contributed by atoms with Crippen LogP contribution in [0.1, 0.15) is 6.92 Å². The maximum absolute atomic E-state index is 11.3. The van der Waals surface area contributed by atoms with Gasteiger partial charge in [-0.25, -0.2) is 4.79 Å². The van der Waals surface area contributed by atoms with Gasteiger partial charge in [-0.3, -0.25) is 0 Å². The van der Waals surface area contributed by atoms with Crippen molar-refractivity contribution in [3.63, 3.8) is 0 Å². The molecular formula is C13H18O6. The van der Waals surface area contributed by atoms with Crippen LogP contribution in [0.25, 0.3) is 0 Å². The zero-order valence-corrected chi connectivity index (χ0v) is 11.7. The number of carbonyl (C=O) groups excluding carboxylic acids is 1. The lowest BCUT2D eigenvalue weighted by atomic mass is 10.2. The highest BCUT2D eigenvalue weighted by Gasteiger charge is 2.18. The molecule has 0 heterocycles. The van der Waals surface area contributed by atoms with Gasteiger partial charge in [0.2, 0.25) is 5.75 Å². The van der Waals surface area contributed by atoms with Crippen LogP contribution in [0.15, 0.2) is 12.1 Å².